The number of para-hydroxylation sites is 1. The molecule has 0 fully saturated rings. The molecule has 100 valence electrons. The van der Waals surface area contributed by atoms with Gasteiger partial charge >= 0.3 is 0 Å². The van der Waals surface area contributed by atoms with Gasteiger partial charge in [-0.2, -0.15) is 0 Å². The molecule has 2 N–H and O–H groups in total. The van der Waals surface area contributed by atoms with Crippen molar-refractivity contribution in [3.63, 3.8) is 0 Å². The number of anilines is 1. The van der Waals surface area contributed by atoms with Crippen LogP contribution in [0.5, 0.6) is 5.75 Å². The van der Waals surface area contributed by atoms with E-state index in [0.717, 1.165) is 12.1 Å². The number of sulfonamides is 1. The van der Waals surface area contributed by atoms with Crippen LogP contribution in [-0.2, 0) is 10.0 Å². The van der Waals surface area contributed by atoms with Gasteiger partial charge in [-0.1, -0.05) is 41.4 Å². The van der Waals surface area contributed by atoms with Crippen LogP contribution in [0.15, 0.2) is 47.4 Å². The Labute approximate surface area is 120 Å². The summed E-state index contributed by atoms with van der Waals surface area (Å²) >= 11 is 11.4. The lowest BCUT2D eigenvalue weighted by molar-refractivity contribution is 0.475. The van der Waals surface area contributed by atoms with Crippen molar-refractivity contribution in [3.8, 4) is 5.75 Å². The molecule has 0 saturated carbocycles. The molecular weight excluding hydrogens is 309 g/mol. The maximum Gasteiger partial charge on any atom is 0.262 e. The first kappa shape index (κ1) is 14.0. The molecule has 2 aromatic carbocycles. The predicted molar refractivity (Wildman–Crippen MR) is 75.4 cm³/mol. The summed E-state index contributed by atoms with van der Waals surface area (Å²) in [7, 11) is -3.81. The minimum absolute atomic E-state index is 0.121. The molecule has 0 heterocycles. The van der Waals surface area contributed by atoms with E-state index in [-0.39, 0.29) is 20.7 Å². The fraction of sp³-hybridized carbons (Fsp3) is 0. The van der Waals surface area contributed by atoms with E-state index >= 15 is 0 Å². The Morgan fingerprint density at radius 3 is 2.05 bits per heavy atom. The molecule has 7 heteroatoms. The Morgan fingerprint density at radius 2 is 1.53 bits per heavy atom. The molecule has 0 radical (unpaired) electrons. The summed E-state index contributed by atoms with van der Waals surface area (Å²) in [5, 5.41) is 9.16. The van der Waals surface area contributed by atoms with Crippen LogP contribution in [0.3, 0.4) is 0 Å². The molecule has 0 aromatic heterocycles. The lowest BCUT2D eigenvalue weighted by Crippen LogP contribution is -2.12. The minimum Gasteiger partial charge on any atom is -0.505 e. The number of rotatable bonds is 3. The van der Waals surface area contributed by atoms with Gasteiger partial charge in [0.2, 0.25) is 0 Å². The van der Waals surface area contributed by atoms with Crippen molar-refractivity contribution in [1.82, 2.24) is 0 Å². The van der Waals surface area contributed by atoms with E-state index in [9.17, 15) is 13.5 Å². The van der Waals surface area contributed by atoms with Crippen LogP contribution in [-0.4, -0.2) is 13.5 Å². The fourth-order valence-electron chi connectivity index (χ4n) is 1.42. The number of phenolic OH excluding ortho intramolecular Hbond substituents is 1. The first-order valence-corrected chi connectivity index (χ1v) is 7.40. The van der Waals surface area contributed by atoms with Gasteiger partial charge < -0.3 is 5.11 Å². The van der Waals surface area contributed by atoms with Gasteiger partial charge in [-0.15, -0.1) is 0 Å². The van der Waals surface area contributed by atoms with Gasteiger partial charge in [0.05, 0.1) is 14.9 Å². The van der Waals surface area contributed by atoms with Crippen molar-refractivity contribution in [1.29, 1.82) is 0 Å². The van der Waals surface area contributed by atoms with Gasteiger partial charge in [-0.05, 0) is 24.3 Å². The molecule has 0 aliphatic heterocycles. The van der Waals surface area contributed by atoms with Gasteiger partial charge in [0.25, 0.3) is 10.0 Å². The van der Waals surface area contributed by atoms with Gasteiger partial charge in [0, 0.05) is 5.69 Å². The van der Waals surface area contributed by atoms with Crippen molar-refractivity contribution in [2.24, 2.45) is 0 Å². The highest BCUT2D eigenvalue weighted by molar-refractivity contribution is 7.92. The molecule has 0 atom stereocenters. The molecule has 4 nitrogen and oxygen atoms in total. The van der Waals surface area contributed by atoms with Gasteiger partial charge in [0.1, 0.15) is 0 Å². The van der Waals surface area contributed by atoms with Crippen LogP contribution in [0, 0.1) is 0 Å². The Hall–Kier alpha value is -1.43. The maximum atomic E-state index is 12.1. The van der Waals surface area contributed by atoms with Crippen LogP contribution >= 0.6 is 23.2 Å². The van der Waals surface area contributed by atoms with Crippen molar-refractivity contribution < 1.29 is 13.5 Å². The highest BCUT2D eigenvalue weighted by Crippen LogP contribution is 2.34. The third-order valence-corrected chi connectivity index (χ3v) is 4.26. The molecule has 0 aliphatic carbocycles. The molecule has 0 spiro atoms. The zero-order chi connectivity index (χ0) is 14.0. The highest BCUT2D eigenvalue weighted by Gasteiger charge is 2.18. The van der Waals surface area contributed by atoms with Gasteiger partial charge in [-0.3, -0.25) is 4.72 Å². The SMILES string of the molecule is O=S(=O)(Nc1ccccc1)c1cc(Cl)c(O)c(Cl)c1. The number of nitrogens with one attached hydrogen (secondary N) is 1. The zero-order valence-electron chi connectivity index (χ0n) is 9.47. The van der Waals surface area contributed by atoms with Crippen molar-refractivity contribution in [2.45, 2.75) is 4.90 Å². The summed E-state index contributed by atoms with van der Waals surface area (Å²) in [5.41, 5.74) is 0.419. The molecule has 19 heavy (non-hydrogen) atoms. The van der Waals surface area contributed by atoms with E-state index in [2.05, 4.69) is 4.72 Å². The normalized spacial score (nSPS) is 11.3. The predicted octanol–water partition coefficient (Wildman–Crippen LogP) is 3.50. The summed E-state index contributed by atoms with van der Waals surface area (Å²) < 4.78 is 26.6. The Kier molecular flexibility index (Phi) is 3.89. The molecule has 0 bridgehead atoms. The molecule has 0 amide bonds. The number of phenols is 1. The van der Waals surface area contributed by atoms with Crippen LogP contribution in [0.4, 0.5) is 5.69 Å². The summed E-state index contributed by atoms with van der Waals surface area (Å²) in [6, 6.07) is 10.7. The Balaban J connectivity index is 2.40. The van der Waals surface area contributed by atoms with Crippen LogP contribution < -0.4 is 4.72 Å². The number of hydrogen-bond acceptors (Lipinski definition) is 3. The first-order chi connectivity index (χ1) is 8.90. The molecule has 0 aliphatic rings. The van der Waals surface area contributed by atoms with Crippen molar-refractivity contribution in [3.05, 3.63) is 52.5 Å². The van der Waals surface area contributed by atoms with Crippen LogP contribution in [0.2, 0.25) is 10.0 Å². The lowest BCUT2D eigenvalue weighted by Gasteiger charge is -2.09. The van der Waals surface area contributed by atoms with Crippen molar-refractivity contribution >= 4 is 38.9 Å². The maximum absolute atomic E-state index is 12.1. The second kappa shape index (κ2) is 5.28. The number of aromatic hydroxyl groups is 1. The first-order valence-electron chi connectivity index (χ1n) is 5.16. The third kappa shape index (κ3) is 3.12. The summed E-state index contributed by atoms with van der Waals surface area (Å²) in [4.78, 5) is -0.121. The fourth-order valence-corrected chi connectivity index (χ4v) is 3.14. The molecule has 2 rings (SSSR count). The van der Waals surface area contributed by atoms with Gasteiger partial charge in [0.15, 0.2) is 5.75 Å². The van der Waals surface area contributed by atoms with Crippen LogP contribution in [0.1, 0.15) is 0 Å². The van der Waals surface area contributed by atoms with E-state index < -0.39 is 10.0 Å². The van der Waals surface area contributed by atoms with Gasteiger partial charge in [-0.25, -0.2) is 8.42 Å². The van der Waals surface area contributed by atoms with Crippen molar-refractivity contribution in [2.75, 3.05) is 4.72 Å². The van der Waals surface area contributed by atoms with E-state index in [0.29, 0.717) is 5.69 Å². The molecular formula is C12H9Cl2NO3S. The lowest BCUT2D eigenvalue weighted by atomic mass is 10.3. The smallest absolute Gasteiger partial charge is 0.262 e. The Morgan fingerprint density at radius 1 is 1.00 bits per heavy atom. The van der Waals surface area contributed by atoms with E-state index in [1.54, 1.807) is 30.3 Å². The Bertz CT molecular complexity index is 679. The molecule has 2 aromatic rings. The largest absolute Gasteiger partial charge is 0.505 e. The zero-order valence-corrected chi connectivity index (χ0v) is 11.8. The third-order valence-electron chi connectivity index (χ3n) is 2.33. The number of halogens is 2. The summed E-state index contributed by atoms with van der Waals surface area (Å²) in [6.07, 6.45) is 0. The molecule has 0 unspecified atom stereocenters. The topological polar surface area (TPSA) is 66.4 Å². The second-order valence-electron chi connectivity index (χ2n) is 3.71. The monoisotopic (exact) mass is 317 g/mol. The highest BCUT2D eigenvalue weighted by atomic mass is 35.5. The average molecular weight is 318 g/mol. The average Bonchev–Trinajstić information content (AvgIpc) is 2.36. The quantitative estimate of drug-likeness (QED) is 0.910. The van der Waals surface area contributed by atoms with E-state index in [1.165, 1.54) is 0 Å². The number of benzene rings is 2. The van der Waals surface area contributed by atoms with E-state index in [1.807, 2.05) is 0 Å². The second-order valence-corrected chi connectivity index (χ2v) is 6.20. The minimum atomic E-state index is -3.81. The summed E-state index contributed by atoms with van der Waals surface area (Å²) in [6.45, 7) is 0. The number of hydrogen-bond donors (Lipinski definition) is 2. The summed E-state index contributed by atoms with van der Waals surface area (Å²) in [5.74, 6) is -0.345. The van der Waals surface area contributed by atoms with Crippen LogP contribution in [0.25, 0.3) is 0 Å². The standard InChI is InChI=1S/C12H9Cl2NO3S/c13-10-6-9(7-11(14)12(10)16)19(17,18)15-8-4-2-1-3-5-8/h1-7,15-16H. The molecule has 0 saturated heterocycles. The van der Waals surface area contributed by atoms with E-state index in [4.69, 9.17) is 23.2 Å².